The van der Waals surface area contributed by atoms with Crippen LogP contribution in [0.2, 0.25) is 0 Å². The van der Waals surface area contributed by atoms with Crippen LogP contribution in [0.4, 0.5) is 0 Å². The Hall–Kier alpha value is -1.80. The molecule has 0 heterocycles. The van der Waals surface area contributed by atoms with E-state index in [0.29, 0.717) is 6.61 Å². The van der Waals surface area contributed by atoms with Gasteiger partial charge in [0.1, 0.15) is 6.10 Å². The molecule has 8 nitrogen and oxygen atoms in total. The van der Waals surface area contributed by atoms with Crippen molar-refractivity contribution in [1.29, 1.82) is 0 Å². The fourth-order valence-corrected chi connectivity index (χ4v) is 6.55. The number of carbonyl (C=O) groups excluding carboxylic acids is 1. The van der Waals surface area contributed by atoms with E-state index in [4.69, 9.17) is 24.3 Å². The van der Waals surface area contributed by atoms with Gasteiger partial charge in [0.25, 0.3) is 0 Å². The second-order valence-electron chi connectivity index (χ2n) is 14.2. The molecule has 0 fully saturated rings. The second kappa shape index (κ2) is 42.3. The molecule has 3 N–H and O–H groups in total. The van der Waals surface area contributed by atoms with E-state index in [0.717, 1.165) is 70.6 Å². The predicted molar refractivity (Wildman–Crippen MR) is 229 cm³/mol. The molecule has 0 aromatic rings. The van der Waals surface area contributed by atoms with Crippen LogP contribution in [-0.4, -0.2) is 49.9 Å². The van der Waals surface area contributed by atoms with Crippen LogP contribution in [0.5, 0.6) is 0 Å². The van der Waals surface area contributed by atoms with Gasteiger partial charge in [-0.05, 0) is 57.8 Å². The van der Waals surface area contributed by atoms with E-state index in [1.54, 1.807) is 0 Å². The van der Waals surface area contributed by atoms with E-state index in [-0.39, 0.29) is 38.8 Å². The molecule has 0 aromatic carbocycles. The molecule has 0 aliphatic rings. The summed E-state index contributed by atoms with van der Waals surface area (Å²) in [6.07, 6.45) is 50.9. The molecule has 0 amide bonds. The standard InChI is InChI=1S/C45H82NO7P/c1-3-5-7-9-11-13-15-17-19-21-22-23-24-26-28-30-32-34-36-38-45(47)53-44(43-52-54(48,49)51-41-39-46)42-50-40-37-35-33-31-29-27-25-20-18-16-14-12-10-8-6-4-2/h5,7,11,13,17,19,22-23,26,28,44H,3-4,6,8-10,12,14-16,18,20-21,24-25,27,29-43,46H2,1-2H3,(H,48,49)/b7-5-,13-11-,19-17-,23-22-,28-26-/t44-/m1/s1. The highest BCUT2D eigenvalue weighted by molar-refractivity contribution is 7.47. The van der Waals surface area contributed by atoms with Crippen molar-refractivity contribution >= 4 is 13.8 Å². The summed E-state index contributed by atoms with van der Waals surface area (Å²) >= 11 is 0. The number of phosphoric acid groups is 1. The number of nitrogens with two attached hydrogens (primary N) is 1. The molecule has 0 rings (SSSR count). The van der Waals surface area contributed by atoms with E-state index < -0.39 is 13.9 Å². The van der Waals surface area contributed by atoms with Gasteiger partial charge >= 0.3 is 13.8 Å². The highest BCUT2D eigenvalue weighted by Crippen LogP contribution is 2.43. The van der Waals surface area contributed by atoms with Crippen molar-refractivity contribution in [3.63, 3.8) is 0 Å². The Balaban J connectivity index is 4.10. The molecular weight excluding hydrogens is 697 g/mol. The molecule has 1 unspecified atom stereocenters. The van der Waals surface area contributed by atoms with Crippen molar-refractivity contribution in [3.05, 3.63) is 60.8 Å². The van der Waals surface area contributed by atoms with Crippen LogP contribution in [0.3, 0.4) is 0 Å². The molecule has 0 saturated heterocycles. The zero-order chi connectivity index (χ0) is 39.5. The summed E-state index contributed by atoms with van der Waals surface area (Å²) in [5.41, 5.74) is 5.37. The van der Waals surface area contributed by atoms with E-state index in [1.165, 1.54) is 89.9 Å². The zero-order valence-corrected chi connectivity index (χ0v) is 35.6. The van der Waals surface area contributed by atoms with Crippen LogP contribution < -0.4 is 5.73 Å². The first-order valence-electron chi connectivity index (χ1n) is 21.8. The molecule has 0 saturated carbocycles. The van der Waals surface area contributed by atoms with Crippen molar-refractivity contribution in [2.24, 2.45) is 5.73 Å². The quantitative estimate of drug-likeness (QED) is 0.0273. The minimum Gasteiger partial charge on any atom is -0.457 e. The molecule has 0 aliphatic heterocycles. The van der Waals surface area contributed by atoms with Gasteiger partial charge in [-0.1, -0.05) is 177 Å². The van der Waals surface area contributed by atoms with Crippen molar-refractivity contribution in [1.82, 2.24) is 0 Å². The lowest BCUT2D eigenvalue weighted by Crippen LogP contribution is -2.28. The van der Waals surface area contributed by atoms with Crippen molar-refractivity contribution < 1.29 is 32.8 Å². The summed E-state index contributed by atoms with van der Waals surface area (Å²) in [7, 11) is -4.29. The highest BCUT2D eigenvalue weighted by Gasteiger charge is 2.25. The fraction of sp³-hybridized carbons (Fsp3) is 0.756. The van der Waals surface area contributed by atoms with Crippen LogP contribution in [0.15, 0.2) is 60.8 Å². The van der Waals surface area contributed by atoms with Gasteiger partial charge in [0.2, 0.25) is 0 Å². The molecule has 0 radical (unpaired) electrons. The maximum Gasteiger partial charge on any atom is 0.472 e. The first-order chi connectivity index (χ1) is 26.4. The maximum atomic E-state index is 12.6. The number of rotatable bonds is 41. The third kappa shape index (κ3) is 41.4. The van der Waals surface area contributed by atoms with Crippen LogP contribution in [0.1, 0.15) is 181 Å². The minimum atomic E-state index is -4.29. The summed E-state index contributed by atoms with van der Waals surface area (Å²) in [6, 6.07) is 0. The summed E-state index contributed by atoms with van der Waals surface area (Å²) in [4.78, 5) is 22.5. The Labute approximate surface area is 332 Å². The average molecular weight is 780 g/mol. The van der Waals surface area contributed by atoms with Crippen molar-refractivity contribution in [2.45, 2.75) is 187 Å². The topological polar surface area (TPSA) is 117 Å². The first kappa shape index (κ1) is 52.2. The summed E-state index contributed by atoms with van der Waals surface area (Å²) < 4.78 is 33.4. The Morgan fingerprint density at radius 3 is 1.54 bits per heavy atom. The van der Waals surface area contributed by atoms with Crippen LogP contribution in [-0.2, 0) is 27.9 Å². The van der Waals surface area contributed by atoms with Gasteiger partial charge in [0.15, 0.2) is 0 Å². The van der Waals surface area contributed by atoms with Crippen LogP contribution in [0.25, 0.3) is 0 Å². The highest BCUT2D eigenvalue weighted by atomic mass is 31.2. The molecule has 0 aromatic heterocycles. The molecular formula is C45H82NO7P. The van der Waals surface area contributed by atoms with Gasteiger partial charge in [0.05, 0.1) is 19.8 Å². The lowest BCUT2D eigenvalue weighted by Gasteiger charge is -2.20. The van der Waals surface area contributed by atoms with Gasteiger partial charge in [-0.3, -0.25) is 13.8 Å². The number of hydrogen-bond donors (Lipinski definition) is 2. The number of phosphoric ester groups is 1. The summed E-state index contributed by atoms with van der Waals surface area (Å²) in [5.74, 6) is -0.361. The van der Waals surface area contributed by atoms with Gasteiger partial charge in [-0.15, -0.1) is 0 Å². The summed E-state index contributed by atoms with van der Waals surface area (Å²) in [5, 5.41) is 0. The molecule has 54 heavy (non-hydrogen) atoms. The van der Waals surface area contributed by atoms with E-state index in [2.05, 4.69) is 74.6 Å². The summed E-state index contributed by atoms with van der Waals surface area (Å²) in [6.45, 7) is 4.77. The number of esters is 1. The molecule has 2 atom stereocenters. The number of unbranched alkanes of at least 4 members (excludes halogenated alkanes) is 18. The zero-order valence-electron chi connectivity index (χ0n) is 34.7. The predicted octanol–water partition coefficient (Wildman–Crippen LogP) is 13.0. The first-order valence-corrected chi connectivity index (χ1v) is 23.3. The number of hydrogen-bond acceptors (Lipinski definition) is 7. The van der Waals surface area contributed by atoms with Gasteiger partial charge in [-0.2, -0.15) is 0 Å². The Kier molecular flexibility index (Phi) is 40.9. The Morgan fingerprint density at radius 1 is 0.574 bits per heavy atom. The third-order valence-corrected chi connectivity index (χ3v) is 9.93. The molecule has 314 valence electrons. The van der Waals surface area contributed by atoms with E-state index in [9.17, 15) is 14.3 Å². The molecule has 9 heteroatoms. The van der Waals surface area contributed by atoms with Crippen molar-refractivity contribution in [2.75, 3.05) is 33.0 Å². The Bertz CT molecular complexity index is 1010. The van der Waals surface area contributed by atoms with Gasteiger partial charge < -0.3 is 20.1 Å². The largest absolute Gasteiger partial charge is 0.472 e. The van der Waals surface area contributed by atoms with Crippen molar-refractivity contribution in [3.8, 4) is 0 Å². The lowest BCUT2D eigenvalue weighted by molar-refractivity contribution is -0.154. The normalized spacial score (nSPS) is 14.1. The third-order valence-electron chi connectivity index (χ3n) is 8.95. The van der Waals surface area contributed by atoms with E-state index in [1.807, 2.05) is 0 Å². The minimum absolute atomic E-state index is 0.0931. The molecule has 0 aliphatic carbocycles. The molecule has 0 spiro atoms. The van der Waals surface area contributed by atoms with E-state index >= 15 is 0 Å². The SMILES string of the molecule is CC/C=C\C/C=C\C/C=C\C/C=C\C/C=C\CCCCCC(=O)O[C@H](COCCCCCCCCCCCCCCCCCC)COP(=O)(O)OCCN. The number of allylic oxidation sites excluding steroid dienone is 10. The van der Waals surface area contributed by atoms with Crippen LogP contribution in [0, 0.1) is 0 Å². The van der Waals surface area contributed by atoms with Gasteiger partial charge in [-0.25, -0.2) is 4.57 Å². The fourth-order valence-electron chi connectivity index (χ4n) is 5.79. The number of ether oxygens (including phenoxy) is 2. The molecule has 0 bridgehead atoms. The second-order valence-corrected chi connectivity index (χ2v) is 15.6. The van der Waals surface area contributed by atoms with Crippen LogP contribution >= 0.6 is 7.82 Å². The maximum absolute atomic E-state index is 12.6. The Morgan fingerprint density at radius 2 is 1.04 bits per heavy atom. The smallest absolute Gasteiger partial charge is 0.457 e. The average Bonchev–Trinajstić information content (AvgIpc) is 3.16. The lowest BCUT2D eigenvalue weighted by atomic mass is 10.0. The number of carbonyl (C=O) groups is 1. The monoisotopic (exact) mass is 780 g/mol. The van der Waals surface area contributed by atoms with Gasteiger partial charge in [0, 0.05) is 19.6 Å².